The Bertz CT molecular complexity index is 598. The molecule has 1 atom stereocenters. The second kappa shape index (κ2) is 6.04. The minimum Gasteiger partial charge on any atom is -0.489 e. The van der Waals surface area contributed by atoms with Gasteiger partial charge in [0.25, 0.3) is 5.91 Å². The number of ether oxygens (including phenoxy) is 2. The van der Waals surface area contributed by atoms with Crippen LogP contribution in [0.4, 0.5) is 10.5 Å². The van der Waals surface area contributed by atoms with Crippen molar-refractivity contribution in [3.8, 4) is 5.75 Å². The molecule has 0 saturated heterocycles. The maximum absolute atomic E-state index is 12.4. The van der Waals surface area contributed by atoms with Crippen molar-refractivity contribution in [2.24, 2.45) is 0 Å². The first kappa shape index (κ1) is 16.4. The summed E-state index contributed by atoms with van der Waals surface area (Å²) in [5.74, 6) is 0.212. The summed E-state index contributed by atoms with van der Waals surface area (Å²) >= 11 is 5.93. The number of hydrogen-bond acceptors (Lipinski definition) is 4. The number of rotatable bonds is 1. The number of benzene rings is 1. The molecule has 0 fully saturated rings. The van der Waals surface area contributed by atoms with Crippen LogP contribution in [0, 0.1) is 0 Å². The number of nitrogens with zero attached hydrogens (tertiary/aromatic N) is 1. The number of carbonyl (C=O) groups excluding carboxylic acids is 2. The summed E-state index contributed by atoms with van der Waals surface area (Å²) in [4.78, 5) is 25.7. The van der Waals surface area contributed by atoms with Gasteiger partial charge >= 0.3 is 6.09 Å². The van der Waals surface area contributed by atoms with Gasteiger partial charge in [-0.05, 0) is 32.9 Å². The molecule has 2 rings (SSSR count). The number of alkyl carbamates (subject to hydrolysis) is 1. The fourth-order valence-electron chi connectivity index (χ4n) is 2.03. The Morgan fingerprint density at radius 2 is 2.14 bits per heavy atom. The van der Waals surface area contributed by atoms with Gasteiger partial charge in [-0.1, -0.05) is 11.6 Å². The lowest BCUT2D eigenvalue weighted by Gasteiger charge is -2.23. The Balaban J connectivity index is 2.14. The second-order valence-corrected chi connectivity index (χ2v) is 6.46. The molecule has 1 aromatic rings. The van der Waals surface area contributed by atoms with Crippen LogP contribution in [0.25, 0.3) is 0 Å². The highest BCUT2D eigenvalue weighted by Gasteiger charge is 2.31. The molecule has 2 amide bonds. The van der Waals surface area contributed by atoms with Gasteiger partial charge in [-0.15, -0.1) is 0 Å². The fourth-order valence-corrected chi connectivity index (χ4v) is 2.19. The molecule has 0 radical (unpaired) electrons. The van der Waals surface area contributed by atoms with Gasteiger partial charge in [0.2, 0.25) is 0 Å². The Morgan fingerprint density at radius 3 is 2.77 bits per heavy atom. The lowest BCUT2D eigenvalue weighted by molar-refractivity contribution is -0.120. The summed E-state index contributed by atoms with van der Waals surface area (Å²) in [7, 11) is 1.62. The largest absolute Gasteiger partial charge is 0.489 e. The highest BCUT2D eigenvalue weighted by molar-refractivity contribution is 6.30. The first-order valence-corrected chi connectivity index (χ1v) is 7.24. The number of anilines is 1. The van der Waals surface area contributed by atoms with E-state index >= 15 is 0 Å². The third-order valence-electron chi connectivity index (χ3n) is 3.01. The number of hydrogen-bond donors (Lipinski definition) is 1. The zero-order valence-electron chi connectivity index (χ0n) is 13.0. The molecule has 6 nitrogen and oxygen atoms in total. The number of amides is 2. The SMILES string of the molecule is CN1C(=O)[C@@H](NC(=O)OC(C)(C)C)COc2cc(Cl)ccc21. The maximum Gasteiger partial charge on any atom is 0.408 e. The van der Waals surface area contributed by atoms with Gasteiger partial charge < -0.3 is 19.7 Å². The minimum absolute atomic E-state index is 0.00968. The number of fused-ring (bicyclic) bond motifs is 1. The Hall–Kier alpha value is -1.95. The van der Waals surface area contributed by atoms with Gasteiger partial charge in [0.15, 0.2) is 0 Å². The lowest BCUT2D eigenvalue weighted by atomic mass is 10.2. The molecule has 0 unspecified atom stereocenters. The van der Waals surface area contributed by atoms with Crippen molar-refractivity contribution in [1.29, 1.82) is 0 Å². The van der Waals surface area contributed by atoms with Crippen molar-refractivity contribution in [1.82, 2.24) is 5.32 Å². The Morgan fingerprint density at radius 1 is 1.45 bits per heavy atom. The van der Waals surface area contributed by atoms with Gasteiger partial charge in [-0.2, -0.15) is 0 Å². The quantitative estimate of drug-likeness (QED) is 0.861. The molecular weight excluding hydrogens is 308 g/mol. The Kier molecular flexibility index (Phi) is 4.51. The van der Waals surface area contributed by atoms with Gasteiger partial charge in [0.1, 0.15) is 24.0 Å². The van der Waals surface area contributed by atoms with Crippen LogP contribution in [0.1, 0.15) is 20.8 Å². The van der Waals surface area contributed by atoms with Crippen LogP contribution < -0.4 is 15.0 Å². The molecule has 0 bridgehead atoms. The molecule has 0 spiro atoms. The van der Waals surface area contributed by atoms with E-state index in [1.165, 1.54) is 4.90 Å². The molecule has 0 saturated carbocycles. The van der Waals surface area contributed by atoms with Gasteiger partial charge in [0, 0.05) is 18.1 Å². The number of halogens is 1. The first-order chi connectivity index (χ1) is 10.2. The molecule has 22 heavy (non-hydrogen) atoms. The average Bonchev–Trinajstić information content (AvgIpc) is 2.49. The molecular formula is C15H19ClN2O4. The van der Waals surface area contributed by atoms with E-state index in [0.717, 1.165) is 0 Å². The van der Waals surface area contributed by atoms with Gasteiger partial charge in [-0.25, -0.2) is 4.79 Å². The van der Waals surface area contributed by atoms with E-state index in [1.54, 1.807) is 46.0 Å². The van der Waals surface area contributed by atoms with Crippen LogP contribution in [-0.4, -0.2) is 37.3 Å². The third-order valence-corrected chi connectivity index (χ3v) is 3.24. The maximum atomic E-state index is 12.4. The van der Waals surface area contributed by atoms with Crippen molar-refractivity contribution < 1.29 is 19.1 Å². The molecule has 7 heteroatoms. The lowest BCUT2D eigenvalue weighted by Crippen LogP contribution is -2.50. The molecule has 120 valence electrons. The van der Waals surface area contributed by atoms with Crippen molar-refractivity contribution in [2.45, 2.75) is 32.4 Å². The van der Waals surface area contributed by atoms with Crippen LogP contribution >= 0.6 is 11.6 Å². The monoisotopic (exact) mass is 326 g/mol. The van der Waals surface area contributed by atoms with E-state index < -0.39 is 17.7 Å². The predicted molar refractivity (Wildman–Crippen MR) is 83.5 cm³/mol. The standard InChI is InChI=1S/C15H19ClN2O4/c1-15(2,3)22-14(20)17-10-8-21-12-7-9(16)5-6-11(12)18(4)13(10)19/h5-7,10H,8H2,1-4H3,(H,17,20)/t10-/m0/s1. The summed E-state index contributed by atoms with van der Waals surface area (Å²) in [5.41, 5.74) is -0.0379. The smallest absolute Gasteiger partial charge is 0.408 e. The summed E-state index contributed by atoms with van der Waals surface area (Å²) in [5, 5.41) is 3.05. The fraction of sp³-hybridized carbons (Fsp3) is 0.467. The zero-order chi connectivity index (χ0) is 16.5. The summed E-state index contributed by atoms with van der Waals surface area (Å²) in [6, 6.07) is 4.18. The van der Waals surface area contributed by atoms with Gasteiger partial charge in [0.05, 0.1) is 5.69 Å². The Labute approximate surface area is 134 Å². The second-order valence-electron chi connectivity index (χ2n) is 6.02. The molecule has 0 aliphatic carbocycles. The van der Waals surface area contributed by atoms with E-state index in [1.807, 2.05) is 0 Å². The molecule has 0 aromatic heterocycles. The zero-order valence-corrected chi connectivity index (χ0v) is 13.7. The van der Waals surface area contributed by atoms with E-state index in [4.69, 9.17) is 21.1 Å². The van der Waals surface area contributed by atoms with Crippen LogP contribution in [0.2, 0.25) is 5.02 Å². The van der Waals surface area contributed by atoms with Crippen LogP contribution in [-0.2, 0) is 9.53 Å². The minimum atomic E-state index is -0.828. The molecule has 1 aromatic carbocycles. The summed E-state index contributed by atoms with van der Waals surface area (Å²) in [6.07, 6.45) is -0.660. The number of likely N-dealkylation sites (N-methyl/N-ethyl adjacent to an activating group) is 1. The van der Waals surface area contributed by atoms with Crippen molar-refractivity contribution in [3.63, 3.8) is 0 Å². The highest BCUT2D eigenvalue weighted by Crippen LogP contribution is 2.33. The highest BCUT2D eigenvalue weighted by atomic mass is 35.5. The van der Waals surface area contributed by atoms with Crippen LogP contribution in [0.15, 0.2) is 18.2 Å². The van der Waals surface area contributed by atoms with E-state index in [9.17, 15) is 9.59 Å². The normalized spacial score (nSPS) is 18.1. The van der Waals surface area contributed by atoms with E-state index in [0.29, 0.717) is 16.5 Å². The average molecular weight is 327 g/mol. The molecule has 1 N–H and O–H groups in total. The van der Waals surface area contributed by atoms with Crippen LogP contribution in [0.3, 0.4) is 0 Å². The topological polar surface area (TPSA) is 67.9 Å². The van der Waals surface area contributed by atoms with E-state index in [-0.39, 0.29) is 12.5 Å². The van der Waals surface area contributed by atoms with Crippen LogP contribution in [0.5, 0.6) is 5.75 Å². The molecule has 1 aliphatic heterocycles. The van der Waals surface area contributed by atoms with Gasteiger partial charge in [-0.3, -0.25) is 4.79 Å². The van der Waals surface area contributed by atoms with Crippen molar-refractivity contribution in [2.75, 3.05) is 18.6 Å². The molecule has 1 aliphatic rings. The third kappa shape index (κ3) is 3.82. The first-order valence-electron chi connectivity index (χ1n) is 6.87. The summed E-state index contributed by atoms with van der Waals surface area (Å²) in [6.45, 7) is 5.27. The molecule has 1 heterocycles. The summed E-state index contributed by atoms with van der Waals surface area (Å²) < 4.78 is 10.8. The number of carbonyl (C=O) groups is 2. The number of nitrogens with one attached hydrogen (secondary N) is 1. The van der Waals surface area contributed by atoms with Crippen molar-refractivity contribution in [3.05, 3.63) is 23.2 Å². The van der Waals surface area contributed by atoms with Crippen molar-refractivity contribution >= 4 is 29.3 Å². The van der Waals surface area contributed by atoms with E-state index in [2.05, 4.69) is 5.32 Å². The predicted octanol–water partition coefficient (Wildman–Crippen LogP) is 2.59.